The van der Waals surface area contributed by atoms with E-state index in [4.69, 9.17) is 0 Å². The number of nitrogens with one attached hydrogen (secondary N) is 1. The minimum absolute atomic E-state index is 0.320. The van der Waals surface area contributed by atoms with Crippen LogP contribution < -0.4 is 10.2 Å². The van der Waals surface area contributed by atoms with Crippen LogP contribution in [0.3, 0.4) is 0 Å². The van der Waals surface area contributed by atoms with Crippen LogP contribution in [0.5, 0.6) is 0 Å². The van der Waals surface area contributed by atoms with Gasteiger partial charge in [0.05, 0.1) is 11.4 Å². The Labute approximate surface area is 130 Å². The third-order valence-electron chi connectivity index (χ3n) is 3.30. The highest BCUT2D eigenvalue weighted by molar-refractivity contribution is 7.60. The predicted octanol–water partition coefficient (Wildman–Crippen LogP) is 5.73. The van der Waals surface area contributed by atoms with Gasteiger partial charge in [0, 0.05) is 8.07 Å². The van der Waals surface area contributed by atoms with E-state index in [-0.39, 0.29) is 8.07 Å². The molecule has 0 radical (unpaired) electrons. The van der Waals surface area contributed by atoms with E-state index >= 15 is 0 Å². The molecule has 0 bridgehead atoms. The zero-order valence-corrected chi connectivity index (χ0v) is 14.2. The van der Waals surface area contributed by atoms with Crippen LogP contribution in [-0.2, 0) is 0 Å². The second kappa shape index (κ2) is 7.47. The molecule has 0 aliphatic rings. The van der Waals surface area contributed by atoms with E-state index in [1.165, 1.54) is 5.69 Å². The summed E-state index contributed by atoms with van der Waals surface area (Å²) in [6.45, 7) is 9.26. The molecule has 2 aromatic carbocycles. The zero-order chi connectivity index (χ0) is 15.2. The highest BCUT2D eigenvalue weighted by Gasteiger charge is 2.25. The van der Waals surface area contributed by atoms with Crippen molar-refractivity contribution in [1.82, 2.24) is 0 Å². The second-order valence-corrected chi connectivity index (χ2v) is 8.92. The molecule has 0 aliphatic heterocycles. The first-order chi connectivity index (χ1) is 10.1. The molecule has 0 saturated heterocycles. The van der Waals surface area contributed by atoms with Crippen molar-refractivity contribution in [3.05, 3.63) is 60.7 Å². The standard InChI is InChI=1S/C18H25N2P/c1-15(2)21(16(3)4)20(18-13-9-6-10-14-18)19-17-11-7-5-8-12-17/h5-16,19H,1-4H3. The lowest BCUT2D eigenvalue weighted by molar-refractivity contribution is 0.986. The van der Waals surface area contributed by atoms with Gasteiger partial charge in [0.15, 0.2) is 0 Å². The average molecular weight is 300 g/mol. The largest absolute Gasteiger partial charge is 0.295 e. The number of hydrogen-bond donors (Lipinski definition) is 1. The molecule has 0 saturated carbocycles. The fourth-order valence-electron chi connectivity index (χ4n) is 2.52. The Balaban J connectivity index is 2.34. The fourth-order valence-corrected chi connectivity index (χ4v) is 5.27. The van der Waals surface area contributed by atoms with Crippen LogP contribution in [0.1, 0.15) is 27.7 Å². The first-order valence-electron chi connectivity index (χ1n) is 7.54. The number of hydrogen-bond acceptors (Lipinski definition) is 2. The number of benzene rings is 2. The zero-order valence-electron chi connectivity index (χ0n) is 13.3. The summed E-state index contributed by atoms with van der Waals surface area (Å²) in [5.74, 6) is 0. The minimum atomic E-state index is -0.320. The van der Waals surface area contributed by atoms with Crippen LogP contribution >= 0.6 is 8.07 Å². The van der Waals surface area contributed by atoms with E-state index in [2.05, 4.69) is 92.5 Å². The Hall–Kier alpha value is -1.53. The van der Waals surface area contributed by atoms with Crippen LogP contribution in [0.25, 0.3) is 0 Å². The molecule has 21 heavy (non-hydrogen) atoms. The molecule has 3 heteroatoms. The van der Waals surface area contributed by atoms with Gasteiger partial charge in [0.25, 0.3) is 0 Å². The van der Waals surface area contributed by atoms with Crippen LogP contribution in [0.4, 0.5) is 11.4 Å². The van der Waals surface area contributed by atoms with Crippen molar-refractivity contribution in [2.24, 2.45) is 0 Å². The summed E-state index contributed by atoms with van der Waals surface area (Å²) in [6, 6.07) is 21.0. The van der Waals surface area contributed by atoms with Gasteiger partial charge < -0.3 is 0 Å². The lowest BCUT2D eigenvalue weighted by Gasteiger charge is -2.39. The summed E-state index contributed by atoms with van der Waals surface area (Å²) in [7, 11) is -0.320. The molecule has 0 amide bonds. The fraction of sp³-hybridized carbons (Fsp3) is 0.333. The Kier molecular flexibility index (Phi) is 5.64. The number of para-hydroxylation sites is 2. The quantitative estimate of drug-likeness (QED) is 0.541. The van der Waals surface area contributed by atoms with E-state index in [9.17, 15) is 0 Å². The summed E-state index contributed by atoms with van der Waals surface area (Å²) in [5, 5.41) is 0. The first-order valence-corrected chi connectivity index (χ1v) is 8.98. The summed E-state index contributed by atoms with van der Waals surface area (Å²) >= 11 is 0. The lowest BCUT2D eigenvalue weighted by atomic mass is 10.3. The lowest BCUT2D eigenvalue weighted by Crippen LogP contribution is -2.30. The van der Waals surface area contributed by atoms with Crippen molar-refractivity contribution in [2.75, 3.05) is 10.2 Å². The Morgan fingerprint density at radius 2 is 1.24 bits per heavy atom. The van der Waals surface area contributed by atoms with Crippen molar-refractivity contribution in [3.63, 3.8) is 0 Å². The van der Waals surface area contributed by atoms with E-state index in [1.807, 2.05) is 6.07 Å². The normalized spacial score (nSPS) is 11.2. The van der Waals surface area contributed by atoms with Gasteiger partial charge in [0.2, 0.25) is 0 Å². The van der Waals surface area contributed by atoms with Gasteiger partial charge in [0.1, 0.15) is 0 Å². The molecule has 2 aromatic rings. The van der Waals surface area contributed by atoms with Crippen LogP contribution in [-0.4, -0.2) is 11.3 Å². The van der Waals surface area contributed by atoms with Crippen molar-refractivity contribution in [2.45, 2.75) is 39.0 Å². The summed E-state index contributed by atoms with van der Waals surface area (Å²) in [6.07, 6.45) is 0. The van der Waals surface area contributed by atoms with Crippen LogP contribution in [0.15, 0.2) is 60.7 Å². The molecule has 1 N–H and O–H groups in total. The Bertz CT molecular complexity index is 517. The molecule has 0 fully saturated rings. The third kappa shape index (κ3) is 4.22. The molecule has 0 aromatic heterocycles. The van der Waals surface area contributed by atoms with Gasteiger partial charge in [-0.25, -0.2) is 0 Å². The summed E-state index contributed by atoms with van der Waals surface area (Å²) in [5.41, 5.74) is 7.23. The highest BCUT2D eigenvalue weighted by Crippen LogP contribution is 2.51. The Morgan fingerprint density at radius 1 is 0.762 bits per heavy atom. The molecule has 0 aliphatic carbocycles. The van der Waals surface area contributed by atoms with Crippen molar-refractivity contribution in [1.29, 1.82) is 0 Å². The smallest absolute Gasteiger partial charge is 0.0613 e. The van der Waals surface area contributed by atoms with E-state index in [0.717, 1.165) is 5.69 Å². The van der Waals surface area contributed by atoms with E-state index < -0.39 is 0 Å². The van der Waals surface area contributed by atoms with Crippen molar-refractivity contribution < 1.29 is 0 Å². The monoisotopic (exact) mass is 300 g/mol. The maximum atomic E-state index is 3.62. The highest BCUT2D eigenvalue weighted by atomic mass is 31.1. The number of hydrazine groups is 1. The Morgan fingerprint density at radius 3 is 1.71 bits per heavy atom. The van der Waals surface area contributed by atoms with E-state index in [1.54, 1.807) is 0 Å². The minimum Gasteiger partial charge on any atom is -0.295 e. The van der Waals surface area contributed by atoms with Crippen LogP contribution in [0, 0.1) is 0 Å². The van der Waals surface area contributed by atoms with Gasteiger partial charge >= 0.3 is 0 Å². The van der Waals surface area contributed by atoms with Crippen molar-refractivity contribution >= 4 is 19.4 Å². The van der Waals surface area contributed by atoms with Gasteiger partial charge in [-0.15, -0.1) is 0 Å². The number of anilines is 2. The maximum Gasteiger partial charge on any atom is 0.0613 e. The third-order valence-corrected chi connectivity index (χ3v) is 6.21. The predicted molar refractivity (Wildman–Crippen MR) is 96.2 cm³/mol. The molecule has 112 valence electrons. The summed E-state index contributed by atoms with van der Waals surface area (Å²) in [4.78, 5) is 0. The van der Waals surface area contributed by atoms with Gasteiger partial charge in [-0.2, -0.15) is 0 Å². The summed E-state index contributed by atoms with van der Waals surface area (Å²) < 4.78 is 2.38. The van der Waals surface area contributed by atoms with Gasteiger partial charge in [-0.05, 0) is 35.6 Å². The first kappa shape index (κ1) is 15.9. The topological polar surface area (TPSA) is 15.3 Å². The van der Waals surface area contributed by atoms with Gasteiger partial charge in [-0.1, -0.05) is 64.1 Å². The molecule has 0 unspecified atom stereocenters. The molecular weight excluding hydrogens is 275 g/mol. The van der Waals surface area contributed by atoms with E-state index in [0.29, 0.717) is 11.3 Å². The van der Waals surface area contributed by atoms with Crippen LogP contribution in [0.2, 0.25) is 0 Å². The van der Waals surface area contributed by atoms with Crippen molar-refractivity contribution in [3.8, 4) is 0 Å². The second-order valence-electron chi connectivity index (χ2n) is 5.69. The maximum absolute atomic E-state index is 3.62. The molecule has 2 nitrogen and oxygen atoms in total. The molecular formula is C18H25N2P. The number of rotatable bonds is 6. The molecule has 0 heterocycles. The number of nitrogens with zero attached hydrogens (tertiary/aromatic N) is 1. The average Bonchev–Trinajstić information content (AvgIpc) is 2.48. The SMILES string of the molecule is CC(C)P(C(C)C)N(Nc1ccccc1)c1ccccc1. The van der Waals surface area contributed by atoms with Gasteiger partial charge in [-0.3, -0.25) is 10.2 Å². The molecule has 0 atom stereocenters. The molecule has 2 rings (SSSR count). The molecule has 0 spiro atoms.